The molecule has 16 heavy (non-hydrogen) atoms. The Hall–Kier alpha value is -0.770. The minimum Gasteiger partial charge on any atom is -0.444 e. The molecule has 92 valence electrons. The van der Waals surface area contributed by atoms with E-state index in [1.807, 2.05) is 25.7 Å². The van der Waals surface area contributed by atoms with Crippen LogP contribution in [0.25, 0.3) is 0 Å². The highest BCUT2D eigenvalue weighted by molar-refractivity contribution is 5.69. The number of nitrogens with zero attached hydrogens (tertiary/aromatic N) is 1. The van der Waals surface area contributed by atoms with E-state index < -0.39 is 5.60 Å². The van der Waals surface area contributed by atoms with Crippen LogP contribution in [0.4, 0.5) is 4.79 Å². The highest BCUT2D eigenvalue weighted by Crippen LogP contribution is 2.31. The lowest BCUT2D eigenvalue weighted by Crippen LogP contribution is -2.45. The van der Waals surface area contributed by atoms with Gasteiger partial charge in [-0.15, -0.1) is 0 Å². The summed E-state index contributed by atoms with van der Waals surface area (Å²) in [5.74, 6) is 0.613. The second kappa shape index (κ2) is 3.91. The van der Waals surface area contributed by atoms with Crippen LogP contribution in [-0.4, -0.2) is 41.8 Å². The fraction of sp³-hybridized carbons (Fsp3) is 0.917. The van der Waals surface area contributed by atoms with E-state index in [1.54, 1.807) is 0 Å². The van der Waals surface area contributed by atoms with E-state index in [4.69, 9.17) is 4.74 Å². The van der Waals surface area contributed by atoms with Crippen molar-refractivity contribution in [2.75, 3.05) is 13.1 Å². The molecular formula is C12H22N2O2. The van der Waals surface area contributed by atoms with Gasteiger partial charge in [-0.1, -0.05) is 0 Å². The number of hydrogen-bond donors (Lipinski definition) is 1. The Bertz CT molecular complexity index is 285. The second-order valence-electron chi connectivity index (χ2n) is 5.91. The van der Waals surface area contributed by atoms with Gasteiger partial charge in [-0.3, -0.25) is 0 Å². The number of fused-ring (bicyclic) bond motifs is 1. The van der Waals surface area contributed by atoms with Crippen molar-refractivity contribution in [3.05, 3.63) is 0 Å². The van der Waals surface area contributed by atoms with Crippen LogP contribution in [0.2, 0.25) is 0 Å². The summed E-state index contributed by atoms with van der Waals surface area (Å²) in [6.07, 6.45) is 0.942. The number of nitrogens with one attached hydrogen (secondary N) is 1. The van der Waals surface area contributed by atoms with Gasteiger partial charge < -0.3 is 15.0 Å². The molecule has 3 unspecified atom stereocenters. The van der Waals surface area contributed by atoms with Crippen molar-refractivity contribution in [1.29, 1.82) is 0 Å². The minimum absolute atomic E-state index is 0.157. The third kappa shape index (κ3) is 2.17. The zero-order chi connectivity index (χ0) is 11.9. The molecule has 0 aromatic carbocycles. The van der Waals surface area contributed by atoms with E-state index in [1.165, 1.54) is 0 Å². The maximum atomic E-state index is 12.0. The summed E-state index contributed by atoms with van der Waals surface area (Å²) in [7, 11) is 0. The number of hydrogen-bond acceptors (Lipinski definition) is 3. The zero-order valence-corrected chi connectivity index (χ0v) is 10.6. The van der Waals surface area contributed by atoms with Crippen LogP contribution < -0.4 is 5.32 Å². The molecule has 2 rings (SSSR count). The Morgan fingerprint density at radius 2 is 2.12 bits per heavy atom. The molecule has 2 heterocycles. The third-order valence-electron chi connectivity index (χ3n) is 3.43. The fourth-order valence-electron chi connectivity index (χ4n) is 2.77. The normalized spacial score (nSPS) is 34.0. The fourth-order valence-corrected chi connectivity index (χ4v) is 2.77. The number of carbonyl (C=O) groups excluding carboxylic acids is 1. The monoisotopic (exact) mass is 226 g/mol. The van der Waals surface area contributed by atoms with Gasteiger partial charge in [-0.25, -0.2) is 4.79 Å². The molecule has 0 bridgehead atoms. The van der Waals surface area contributed by atoms with Gasteiger partial charge in [0.25, 0.3) is 0 Å². The van der Waals surface area contributed by atoms with Gasteiger partial charge in [0.15, 0.2) is 0 Å². The zero-order valence-electron chi connectivity index (χ0n) is 10.6. The Kier molecular flexibility index (Phi) is 2.86. The number of amides is 1. The van der Waals surface area contributed by atoms with Crippen LogP contribution in [0, 0.1) is 5.92 Å². The third-order valence-corrected chi connectivity index (χ3v) is 3.43. The molecule has 2 fully saturated rings. The summed E-state index contributed by atoms with van der Waals surface area (Å²) >= 11 is 0. The molecule has 0 aromatic heterocycles. The molecule has 2 aliphatic rings. The van der Waals surface area contributed by atoms with Crippen LogP contribution >= 0.6 is 0 Å². The first-order valence-corrected chi connectivity index (χ1v) is 6.11. The number of carbonyl (C=O) groups is 1. The smallest absolute Gasteiger partial charge is 0.410 e. The van der Waals surface area contributed by atoms with Crippen molar-refractivity contribution < 1.29 is 9.53 Å². The Morgan fingerprint density at radius 1 is 1.44 bits per heavy atom. The molecule has 0 spiro atoms. The van der Waals surface area contributed by atoms with E-state index >= 15 is 0 Å². The van der Waals surface area contributed by atoms with E-state index in [2.05, 4.69) is 12.2 Å². The van der Waals surface area contributed by atoms with Gasteiger partial charge in [0.1, 0.15) is 5.60 Å². The summed E-state index contributed by atoms with van der Waals surface area (Å²) in [6.45, 7) is 9.76. The predicted octanol–water partition coefficient (Wildman–Crippen LogP) is 1.60. The predicted molar refractivity (Wildman–Crippen MR) is 62.3 cm³/mol. The maximum Gasteiger partial charge on any atom is 0.410 e. The molecule has 4 heteroatoms. The van der Waals surface area contributed by atoms with Crippen LogP contribution in [0.3, 0.4) is 0 Å². The first-order valence-electron chi connectivity index (χ1n) is 6.11. The molecule has 0 saturated carbocycles. The van der Waals surface area contributed by atoms with Gasteiger partial charge >= 0.3 is 6.09 Å². The molecule has 0 radical (unpaired) electrons. The molecule has 4 nitrogen and oxygen atoms in total. The lowest BCUT2D eigenvalue weighted by molar-refractivity contribution is 0.0206. The van der Waals surface area contributed by atoms with Gasteiger partial charge in [0, 0.05) is 19.1 Å². The Labute approximate surface area is 97.3 Å². The number of ether oxygens (including phenoxy) is 1. The summed E-state index contributed by atoms with van der Waals surface area (Å²) in [5, 5.41) is 3.42. The van der Waals surface area contributed by atoms with Crippen LogP contribution in [0.15, 0.2) is 0 Å². The van der Waals surface area contributed by atoms with Gasteiger partial charge in [0.2, 0.25) is 0 Å². The SMILES string of the molecule is CC1NCC2CCN(C(=O)OC(C)(C)C)C21. The lowest BCUT2D eigenvalue weighted by atomic mass is 10.0. The van der Waals surface area contributed by atoms with E-state index in [0.29, 0.717) is 18.0 Å². The maximum absolute atomic E-state index is 12.0. The molecule has 3 atom stereocenters. The molecule has 0 aromatic rings. The molecule has 2 aliphatic heterocycles. The summed E-state index contributed by atoms with van der Waals surface area (Å²) in [5.41, 5.74) is -0.398. The van der Waals surface area contributed by atoms with Crippen molar-refractivity contribution in [2.24, 2.45) is 5.92 Å². The van der Waals surface area contributed by atoms with Crippen LogP contribution in [0.5, 0.6) is 0 Å². The molecule has 2 saturated heterocycles. The minimum atomic E-state index is -0.398. The lowest BCUT2D eigenvalue weighted by Gasteiger charge is -2.30. The Morgan fingerprint density at radius 3 is 2.75 bits per heavy atom. The van der Waals surface area contributed by atoms with E-state index in [-0.39, 0.29) is 6.09 Å². The van der Waals surface area contributed by atoms with Gasteiger partial charge in [0.05, 0.1) is 6.04 Å². The largest absolute Gasteiger partial charge is 0.444 e. The van der Waals surface area contributed by atoms with Gasteiger partial charge in [-0.05, 0) is 40.0 Å². The Balaban J connectivity index is 2.02. The average Bonchev–Trinajstić information content (AvgIpc) is 2.66. The highest BCUT2D eigenvalue weighted by Gasteiger charge is 2.45. The summed E-state index contributed by atoms with van der Waals surface area (Å²) in [4.78, 5) is 13.9. The van der Waals surface area contributed by atoms with Crippen molar-refractivity contribution in [1.82, 2.24) is 10.2 Å². The topological polar surface area (TPSA) is 41.6 Å². The molecule has 1 N–H and O–H groups in total. The van der Waals surface area contributed by atoms with E-state index in [0.717, 1.165) is 19.5 Å². The standard InChI is InChI=1S/C12H22N2O2/c1-8-10-9(7-13-8)5-6-14(10)11(15)16-12(2,3)4/h8-10,13H,5-7H2,1-4H3. The van der Waals surface area contributed by atoms with Crippen LogP contribution in [-0.2, 0) is 4.74 Å². The quantitative estimate of drug-likeness (QED) is 0.682. The van der Waals surface area contributed by atoms with E-state index in [9.17, 15) is 4.79 Å². The van der Waals surface area contributed by atoms with Crippen molar-refractivity contribution in [3.63, 3.8) is 0 Å². The first-order chi connectivity index (χ1) is 7.38. The molecular weight excluding hydrogens is 204 g/mol. The average molecular weight is 226 g/mol. The van der Waals surface area contributed by atoms with Crippen molar-refractivity contribution >= 4 is 6.09 Å². The first kappa shape index (κ1) is 11.7. The van der Waals surface area contributed by atoms with Crippen molar-refractivity contribution in [2.45, 2.75) is 51.8 Å². The highest BCUT2D eigenvalue weighted by atomic mass is 16.6. The second-order valence-corrected chi connectivity index (χ2v) is 5.91. The van der Waals surface area contributed by atoms with Gasteiger partial charge in [-0.2, -0.15) is 0 Å². The molecule has 0 aliphatic carbocycles. The van der Waals surface area contributed by atoms with Crippen LogP contribution in [0.1, 0.15) is 34.1 Å². The number of rotatable bonds is 0. The molecule has 1 amide bonds. The summed E-state index contributed by atoms with van der Waals surface area (Å²) in [6, 6.07) is 0.717. The van der Waals surface area contributed by atoms with Crippen molar-refractivity contribution in [3.8, 4) is 0 Å². The number of likely N-dealkylation sites (tertiary alicyclic amines) is 1. The summed E-state index contributed by atoms with van der Waals surface area (Å²) < 4.78 is 5.44.